The van der Waals surface area contributed by atoms with Crippen LogP contribution in [0.5, 0.6) is 0 Å². The highest BCUT2D eigenvalue weighted by Gasteiger charge is 2.28. The Hall–Kier alpha value is -0.820. The number of halogens is 3. The van der Waals surface area contributed by atoms with E-state index in [0.717, 1.165) is 25.8 Å². The highest BCUT2D eigenvalue weighted by atomic mass is 19.4. The molecule has 1 fully saturated rings. The van der Waals surface area contributed by atoms with E-state index in [1.807, 2.05) is 4.90 Å². The Labute approximate surface area is 110 Å². The second kappa shape index (κ2) is 7.69. The lowest BCUT2D eigenvalue weighted by Gasteiger charge is -2.35. The Morgan fingerprint density at radius 1 is 1.37 bits per heavy atom. The fourth-order valence-corrected chi connectivity index (χ4v) is 2.23. The van der Waals surface area contributed by atoms with Gasteiger partial charge in [0, 0.05) is 12.6 Å². The number of esters is 1. The number of nitrogens with zero attached hydrogens (tertiary/aromatic N) is 1. The first-order chi connectivity index (χ1) is 8.92. The van der Waals surface area contributed by atoms with E-state index in [9.17, 15) is 18.0 Å². The summed E-state index contributed by atoms with van der Waals surface area (Å²) in [5.74, 6) is -0.284. The quantitative estimate of drug-likeness (QED) is 0.552. The number of alkyl halides is 3. The molecule has 4 nitrogen and oxygen atoms in total. The van der Waals surface area contributed by atoms with Crippen LogP contribution in [-0.4, -0.2) is 56.5 Å². The summed E-state index contributed by atoms with van der Waals surface area (Å²) in [7, 11) is 1.34. The molecule has 7 heteroatoms. The number of hydrogen-bond donors (Lipinski definition) is 0. The van der Waals surface area contributed by atoms with Crippen molar-refractivity contribution < 1.29 is 27.4 Å². The Morgan fingerprint density at radius 3 is 2.74 bits per heavy atom. The van der Waals surface area contributed by atoms with Gasteiger partial charge in [-0.05, 0) is 19.4 Å². The van der Waals surface area contributed by atoms with Gasteiger partial charge in [-0.25, -0.2) is 0 Å². The van der Waals surface area contributed by atoms with Crippen LogP contribution in [0, 0.1) is 0 Å². The molecule has 0 amide bonds. The summed E-state index contributed by atoms with van der Waals surface area (Å²) in [4.78, 5) is 13.3. The zero-order valence-electron chi connectivity index (χ0n) is 11.0. The third-order valence-corrected chi connectivity index (χ3v) is 3.17. The van der Waals surface area contributed by atoms with Crippen molar-refractivity contribution in [2.24, 2.45) is 0 Å². The van der Waals surface area contributed by atoms with Crippen LogP contribution in [0.25, 0.3) is 0 Å². The SMILES string of the molecule is COC(=O)CC1CCCCN1CCOCC(F)(F)F. The topological polar surface area (TPSA) is 38.8 Å². The van der Waals surface area contributed by atoms with Crippen LogP contribution in [0.4, 0.5) is 13.2 Å². The monoisotopic (exact) mass is 283 g/mol. The van der Waals surface area contributed by atoms with Crippen molar-refractivity contribution in [3.05, 3.63) is 0 Å². The molecule has 0 bridgehead atoms. The molecule has 1 unspecified atom stereocenters. The molecule has 0 spiro atoms. The fraction of sp³-hybridized carbons (Fsp3) is 0.917. The number of carbonyl (C=O) groups is 1. The number of ether oxygens (including phenoxy) is 2. The summed E-state index contributed by atoms with van der Waals surface area (Å²) in [5, 5.41) is 0. The van der Waals surface area contributed by atoms with E-state index in [-0.39, 0.29) is 25.0 Å². The molecular weight excluding hydrogens is 263 g/mol. The first kappa shape index (κ1) is 16.2. The van der Waals surface area contributed by atoms with Crippen molar-refractivity contribution in [2.45, 2.75) is 37.9 Å². The van der Waals surface area contributed by atoms with Crippen molar-refractivity contribution in [1.82, 2.24) is 4.90 Å². The van der Waals surface area contributed by atoms with Crippen LogP contribution < -0.4 is 0 Å². The van der Waals surface area contributed by atoms with Gasteiger partial charge in [0.2, 0.25) is 0 Å². The molecule has 1 atom stereocenters. The molecule has 1 aliphatic heterocycles. The van der Waals surface area contributed by atoms with Gasteiger partial charge >= 0.3 is 12.1 Å². The number of rotatable bonds is 6. The number of carbonyl (C=O) groups excluding carboxylic acids is 1. The van der Waals surface area contributed by atoms with E-state index in [1.54, 1.807) is 0 Å². The van der Waals surface area contributed by atoms with Gasteiger partial charge < -0.3 is 9.47 Å². The lowest BCUT2D eigenvalue weighted by molar-refractivity contribution is -0.175. The molecular formula is C12H20F3NO3. The fourth-order valence-electron chi connectivity index (χ4n) is 2.23. The van der Waals surface area contributed by atoms with Crippen LogP contribution >= 0.6 is 0 Å². The molecule has 0 aromatic carbocycles. The summed E-state index contributed by atoms with van der Waals surface area (Å²) in [6.07, 6.45) is -1.10. The number of hydrogen-bond acceptors (Lipinski definition) is 4. The average Bonchev–Trinajstić information content (AvgIpc) is 2.35. The molecule has 1 rings (SSSR count). The lowest BCUT2D eigenvalue weighted by Crippen LogP contribution is -2.43. The summed E-state index contributed by atoms with van der Waals surface area (Å²) in [6, 6.07) is 0.0516. The number of piperidine rings is 1. The van der Waals surface area contributed by atoms with Gasteiger partial charge in [-0.1, -0.05) is 6.42 Å². The zero-order chi connectivity index (χ0) is 14.3. The largest absolute Gasteiger partial charge is 0.469 e. The normalized spacial score (nSPS) is 21.4. The second-order valence-electron chi connectivity index (χ2n) is 4.63. The van der Waals surface area contributed by atoms with Crippen molar-refractivity contribution in [2.75, 3.05) is 33.4 Å². The van der Waals surface area contributed by atoms with Gasteiger partial charge in [-0.2, -0.15) is 13.2 Å². The highest BCUT2D eigenvalue weighted by molar-refractivity contribution is 5.69. The maximum atomic E-state index is 11.9. The van der Waals surface area contributed by atoms with Crippen LogP contribution in [0.3, 0.4) is 0 Å². The maximum absolute atomic E-state index is 11.9. The van der Waals surface area contributed by atoms with E-state index in [4.69, 9.17) is 0 Å². The van der Waals surface area contributed by atoms with Gasteiger partial charge in [-0.3, -0.25) is 9.69 Å². The first-order valence-corrected chi connectivity index (χ1v) is 6.38. The third kappa shape index (κ3) is 6.77. The molecule has 112 valence electrons. The Balaban J connectivity index is 2.30. The van der Waals surface area contributed by atoms with Gasteiger partial charge in [0.15, 0.2) is 0 Å². The third-order valence-electron chi connectivity index (χ3n) is 3.17. The summed E-state index contributed by atoms with van der Waals surface area (Å²) >= 11 is 0. The van der Waals surface area contributed by atoms with Crippen molar-refractivity contribution in [1.29, 1.82) is 0 Å². The lowest BCUT2D eigenvalue weighted by atomic mass is 9.99. The average molecular weight is 283 g/mol. The predicted molar refractivity (Wildman–Crippen MR) is 62.7 cm³/mol. The molecule has 0 N–H and O–H groups in total. The van der Waals surface area contributed by atoms with Gasteiger partial charge in [0.05, 0.1) is 20.1 Å². The molecule has 0 saturated carbocycles. The first-order valence-electron chi connectivity index (χ1n) is 6.38. The standard InChI is InChI=1S/C12H20F3NO3/c1-18-11(17)8-10-4-2-3-5-16(10)6-7-19-9-12(13,14)15/h10H,2-9H2,1H3. The van der Waals surface area contributed by atoms with E-state index in [2.05, 4.69) is 9.47 Å². The summed E-state index contributed by atoms with van der Waals surface area (Å²) in [6.45, 7) is 0.00840. The summed E-state index contributed by atoms with van der Waals surface area (Å²) < 4.78 is 45.0. The molecule has 0 radical (unpaired) electrons. The number of methoxy groups -OCH3 is 1. The maximum Gasteiger partial charge on any atom is 0.411 e. The van der Waals surface area contributed by atoms with Crippen molar-refractivity contribution >= 4 is 5.97 Å². The Bertz CT molecular complexity index is 284. The zero-order valence-corrected chi connectivity index (χ0v) is 11.0. The van der Waals surface area contributed by atoms with Crippen molar-refractivity contribution in [3.8, 4) is 0 Å². The minimum absolute atomic E-state index is 0.0250. The van der Waals surface area contributed by atoms with E-state index < -0.39 is 12.8 Å². The van der Waals surface area contributed by atoms with Gasteiger partial charge in [0.25, 0.3) is 0 Å². The smallest absolute Gasteiger partial charge is 0.411 e. The Kier molecular flexibility index (Phi) is 6.57. The molecule has 0 aliphatic carbocycles. The Morgan fingerprint density at radius 2 is 2.11 bits per heavy atom. The van der Waals surface area contributed by atoms with Crippen molar-refractivity contribution in [3.63, 3.8) is 0 Å². The molecule has 1 heterocycles. The van der Waals surface area contributed by atoms with E-state index in [1.165, 1.54) is 7.11 Å². The minimum Gasteiger partial charge on any atom is -0.469 e. The van der Waals surface area contributed by atoms with E-state index in [0.29, 0.717) is 6.54 Å². The molecule has 0 aromatic heterocycles. The molecule has 1 saturated heterocycles. The van der Waals surface area contributed by atoms with Crippen LogP contribution in [0.1, 0.15) is 25.7 Å². The number of likely N-dealkylation sites (tertiary alicyclic amines) is 1. The second-order valence-corrected chi connectivity index (χ2v) is 4.63. The van der Waals surface area contributed by atoms with Gasteiger partial charge in [0.1, 0.15) is 6.61 Å². The molecule has 1 aliphatic rings. The predicted octanol–water partition coefficient (Wildman–Crippen LogP) is 1.98. The van der Waals surface area contributed by atoms with E-state index >= 15 is 0 Å². The molecule has 19 heavy (non-hydrogen) atoms. The summed E-state index contributed by atoms with van der Waals surface area (Å²) in [5.41, 5.74) is 0. The highest BCUT2D eigenvalue weighted by Crippen LogP contribution is 2.20. The van der Waals surface area contributed by atoms with Crippen LogP contribution in [-0.2, 0) is 14.3 Å². The van der Waals surface area contributed by atoms with Gasteiger partial charge in [-0.15, -0.1) is 0 Å². The van der Waals surface area contributed by atoms with Crippen LogP contribution in [0.15, 0.2) is 0 Å². The molecule has 0 aromatic rings. The minimum atomic E-state index is -4.28. The van der Waals surface area contributed by atoms with Crippen LogP contribution in [0.2, 0.25) is 0 Å².